The standard InChI is InChI=1S/C20H25BrO2Si/c1-13-18(23-24(5,6)20(2,3)4)10-9-17-16-8-7-15(21)11-14(16)12-22-19(13)17/h7-11H,12H2,1-6H3. The van der Waals surface area contributed by atoms with Crippen LogP contribution in [-0.4, -0.2) is 8.32 Å². The van der Waals surface area contributed by atoms with E-state index in [2.05, 4.69) is 87.1 Å². The highest BCUT2D eigenvalue weighted by Crippen LogP contribution is 2.45. The maximum atomic E-state index is 6.52. The first-order valence-electron chi connectivity index (χ1n) is 8.34. The molecule has 1 aliphatic heterocycles. The van der Waals surface area contributed by atoms with Gasteiger partial charge in [0.05, 0.1) is 0 Å². The molecule has 0 unspecified atom stereocenters. The average Bonchev–Trinajstić information content (AvgIpc) is 2.48. The van der Waals surface area contributed by atoms with Crippen LogP contribution in [0.1, 0.15) is 31.9 Å². The van der Waals surface area contributed by atoms with Crippen LogP contribution in [0.5, 0.6) is 11.5 Å². The summed E-state index contributed by atoms with van der Waals surface area (Å²) in [5.41, 5.74) is 4.73. The van der Waals surface area contributed by atoms with Gasteiger partial charge in [0, 0.05) is 15.6 Å². The van der Waals surface area contributed by atoms with Crippen molar-refractivity contribution in [2.24, 2.45) is 0 Å². The number of ether oxygens (including phenoxy) is 1. The van der Waals surface area contributed by atoms with Gasteiger partial charge in [-0.1, -0.05) is 42.8 Å². The van der Waals surface area contributed by atoms with Crippen molar-refractivity contribution in [3.63, 3.8) is 0 Å². The lowest BCUT2D eigenvalue weighted by atomic mass is 9.95. The zero-order chi connectivity index (χ0) is 17.7. The van der Waals surface area contributed by atoms with Crippen LogP contribution in [0.4, 0.5) is 0 Å². The summed E-state index contributed by atoms with van der Waals surface area (Å²) in [6.45, 7) is 14.0. The molecule has 0 radical (unpaired) electrons. The summed E-state index contributed by atoms with van der Waals surface area (Å²) in [4.78, 5) is 0. The zero-order valence-electron chi connectivity index (χ0n) is 15.3. The molecule has 0 aromatic heterocycles. The molecule has 0 saturated heterocycles. The van der Waals surface area contributed by atoms with Crippen LogP contribution in [0.15, 0.2) is 34.8 Å². The van der Waals surface area contributed by atoms with E-state index in [-0.39, 0.29) is 5.04 Å². The molecule has 0 amide bonds. The molecule has 2 aromatic rings. The van der Waals surface area contributed by atoms with E-state index in [4.69, 9.17) is 9.16 Å². The number of benzene rings is 2. The summed E-state index contributed by atoms with van der Waals surface area (Å²) in [5, 5.41) is 0.176. The van der Waals surface area contributed by atoms with Crippen molar-refractivity contribution < 1.29 is 9.16 Å². The van der Waals surface area contributed by atoms with Crippen LogP contribution in [0, 0.1) is 6.92 Å². The second-order valence-corrected chi connectivity index (χ2v) is 13.7. The summed E-state index contributed by atoms with van der Waals surface area (Å²) >= 11 is 3.54. The lowest BCUT2D eigenvalue weighted by Crippen LogP contribution is -2.44. The highest BCUT2D eigenvalue weighted by atomic mass is 79.9. The van der Waals surface area contributed by atoms with E-state index in [1.165, 1.54) is 11.1 Å². The molecule has 2 aromatic carbocycles. The van der Waals surface area contributed by atoms with E-state index < -0.39 is 8.32 Å². The lowest BCUT2D eigenvalue weighted by Gasteiger charge is -2.37. The van der Waals surface area contributed by atoms with Crippen LogP contribution in [0.25, 0.3) is 11.1 Å². The van der Waals surface area contributed by atoms with E-state index in [1.807, 2.05) is 0 Å². The fourth-order valence-corrected chi connectivity index (χ4v) is 4.19. The summed E-state index contributed by atoms with van der Waals surface area (Å²) in [6, 6.07) is 10.6. The van der Waals surface area contributed by atoms with Gasteiger partial charge in [-0.05, 0) is 60.4 Å². The third kappa shape index (κ3) is 3.02. The van der Waals surface area contributed by atoms with Gasteiger partial charge in [-0.3, -0.25) is 0 Å². The van der Waals surface area contributed by atoms with Gasteiger partial charge < -0.3 is 9.16 Å². The average molecular weight is 405 g/mol. The largest absolute Gasteiger partial charge is 0.543 e. The second-order valence-electron chi connectivity index (χ2n) is 8.02. The molecule has 0 aliphatic carbocycles. The van der Waals surface area contributed by atoms with Gasteiger partial charge in [0.2, 0.25) is 8.32 Å². The Morgan fingerprint density at radius 2 is 1.75 bits per heavy atom. The van der Waals surface area contributed by atoms with Crippen LogP contribution >= 0.6 is 15.9 Å². The Hall–Kier alpha value is -1.26. The molecule has 24 heavy (non-hydrogen) atoms. The van der Waals surface area contributed by atoms with Gasteiger partial charge in [0.15, 0.2) is 0 Å². The molecule has 4 heteroatoms. The molecule has 0 N–H and O–H groups in total. The number of hydrogen-bond acceptors (Lipinski definition) is 2. The van der Waals surface area contributed by atoms with E-state index in [0.717, 1.165) is 27.1 Å². The molecule has 2 nitrogen and oxygen atoms in total. The quantitative estimate of drug-likeness (QED) is 0.518. The van der Waals surface area contributed by atoms with Gasteiger partial charge >= 0.3 is 0 Å². The zero-order valence-corrected chi connectivity index (χ0v) is 17.9. The first kappa shape index (κ1) is 17.6. The molecule has 0 spiro atoms. The predicted molar refractivity (Wildman–Crippen MR) is 106 cm³/mol. The normalized spacial score (nSPS) is 13.8. The number of rotatable bonds is 2. The number of fused-ring (bicyclic) bond motifs is 3. The van der Waals surface area contributed by atoms with Crippen molar-refractivity contribution in [3.8, 4) is 22.6 Å². The monoisotopic (exact) mass is 404 g/mol. The number of halogens is 1. The Balaban J connectivity index is 2.03. The second kappa shape index (κ2) is 5.92. The van der Waals surface area contributed by atoms with Gasteiger partial charge in [0.25, 0.3) is 0 Å². The molecule has 3 rings (SSSR count). The van der Waals surface area contributed by atoms with Crippen molar-refractivity contribution >= 4 is 24.2 Å². The first-order chi connectivity index (χ1) is 11.1. The first-order valence-corrected chi connectivity index (χ1v) is 12.0. The van der Waals surface area contributed by atoms with Crippen molar-refractivity contribution in [2.75, 3.05) is 0 Å². The summed E-state index contributed by atoms with van der Waals surface area (Å²) in [5.74, 6) is 1.92. The maximum Gasteiger partial charge on any atom is 0.250 e. The highest BCUT2D eigenvalue weighted by molar-refractivity contribution is 9.10. The fourth-order valence-electron chi connectivity index (χ4n) is 2.70. The van der Waals surface area contributed by atoms with Crippen LogP contribution < -0.4 is 9.16 Å². The van der Waals surface area contributed by atoms with Crippen LogP contribution in [0.2, 0.25) is 18.1 Å². The molecule has 1 heterocycles. The Bertz CT molecular complexity index is 791. The van der Waals surface area contributed by atoms with Crippen molar-refractivity contribution in [3.05, 3.63) is 45.9 Å². The van der Waals surface area contributed by atoms with Gasteiger partial charge in [0.1, 0.15) is 18.1 Å². The third-order valence-electron chi connectivity index (χ3n) is 5.26. The minimum atomic E-state index is -1.86. The lowest BCUT2D eigenvalue weighted by molar-refractivity contribution is 0.298. The summed E-state index contributed by atoms with van der Waals surface area (Å²) < 4.78 is 13.7. The fraction of sp³-hybridized carbons (Fsp3) is 0.400. The van der Waals surface area contributed by atoms with E-state index in [9.17, 15) is 0 Å². The molecule has 128 valence electrons. The molecule has 0 bridgehead atoms. The van der Waals surface area contributed by atoms with E-state index >= 15 is 0 Å². The molecular formula is C20H25BrO2Si. The van der Waals surface area contributed by atoms with Gasteiger partial charge in [-0.25, -0.2) is 0 Å². The Kier molecular flexibility index (Phi) is 4.33. The summed E-state index contributed by atoms with van der Waals surface area (Å²) in [6.07, 6.45) is 0. The van der Waals surface area contributed by atoms with Crippen LogP contribution in [0.3, 0.4) is 0 Å². The Morgan fingerprint density at radius 3 is 2.42 bits per heavy atom. The minimum Gasteiger partial charge on any atom is -0.543 e. The molecule has 0 fully saturated rings. The van der Waals surface area contributed by atoms with Crippen molar-refractivity contribution in [1.82, 2.24) is 0 Å². The van der Waals surface area contributed by atoms with Crippen LogP contribution in [-0.2, 0) is 6.61 Å². The summed E-state index contributed by atoms with van der Waals surface area (Å²) in [7, 11) is -1.86. The number of hydrogen-bond donors (Lipinski definition) is 0. The molecule has 1 aliphatic rings. The van der Waals surface area contributed by atoms with Gasteiger partial charge in [-0.2, -0.15) is 0 Å². The molecule has 0 saturated carbocycles. The topological polar surface area (TPSA) is 18.5 Å². The SMILES string of the molecule is Cc1c(O[Si](C)(C)C(C)(C)C)ccc2c1OCc1cc(Br)ccc1-2. The van der Waals surface area contributed by atoms with Crippen molar-refractivity contribution in [2.45, 2.75) is 52.4 Å². The minimum absolute atomic E-state index is 0.176. The van der Waals surface area contributed by atoms with Gasteiger partial charge in [-0.15, -0.1) is 0 Å². The van der Waals surface area contributed by atoms with E-state index in [1.54, 1.807) is 0 Å². The molecular weight excluding hydrogens is 380 g/mol. The predicted octanol–water partition coefficient (Wildman–Crippen LogP) is 6.70. The maximum absolute atomic E-state index is 6.52. The smallest absolute Gasteiger partial charge is 0.250 e. The third-order valence-corrected chi connectivity index (χ3v) is 10.1. The highest BCUT2D eigenvalue weighted by Gasteiger charge is 2.39. The Morgan fingerprint density at radius 1 is 1.08 bits per heavy atom. The van der Waals surface area contributed by atoms with E-state index in [0.29, 0.717) is 6.61 Å². The molecule has 0 atom stereocenters. The Labute approximate surface area is 154 Å². The van der Waals surface area contributed by atoms with Crippen molar-refractivity contribution in [1.29, 1.82) is 0 Å².